The molecule has 8 heteroatoms. The summed E-state index contributed by atoms with van der Waals surface area (Å²) in [6.45, 7) is 3.53. The van der Waals surface area contributed by atoms with Gasteiger partial charge >= 0.3 is 6.03 Å². The molecule has 4 N–H and O–H groups in total. The van der Waals surface area contributed by atoms with Gasteiger partial charge in [0.05, 0.1) is 12.3 Å². The second-order valence-corrected chi connectivity index (χ2v) is 6.64. The van der Waals surface area contributed by atoms with Crippen molar-refractivity contribution in [1.29, 1.82) is 0 Å². The van der Waals surface area contributed by atoms with Gasteiger partial charge in [-0.15, -0.1) is 0 Å². The molecule has 0 aromatic heterocycles. The van der Waals surface area contributed by atoms with Crippen LogP contribution in [0.5, 0.6) is 0 Å². The molecule has 3 rings (SSSR count). The number of carbonyl (C=O) groups is 2. The lowest BCUT2D eigenvalue weighted by atomic mass is 10.1. The molecule has 1 saturated heterocycles. The van der Waals surface area contributed by atoms with Gasteiger partial charge in [0.2, 0.25) is 5.91 Å². The molecular weight excluding hydrogens is 368 g/mol. The molecule has 1 fully saturated rings. The maximum atomic E-state index is 13.1. The zero-order chi connectivity index (χ0) is 19.4. The summed E-state index contributed by atoms with van der Waals surface area (Å²) in [7, 11) is 0. The van der Waals surface area contributed by atoms with E-state index in [2.05, 4.69) is 10.6 Å². The number of benzene rings is 2. The van der Waals surface area contributed by atoms with Crippen LogP contribution in [0.15, 0.2) is 42.5 Å². The van der Waals surface area contributed by atoms with Crippen molar-refractivity contribution in [2.24, 2.45) is 5.73 Å². The summed E-state index contributed by atoms with van der Waals surface area (Å²) < 4.78 is 5.80. The third-order valence-electron chi connectivity index (χ3n) is 4.25. The lowest BCUT2D eigenvalue weighted by Gasteiger charge is -2.35. The maximum Gasteiger partial charge on any atom is 0.328 e. The number of nitrogens with two attached hydrogens (primary N) is 1. The smallest absolute Gasteiger partial charge is 0.328 e. The zero-order valence-corrected chi connectivity index (χ0v) is 15.6. The van der Waals surface area contributed by atoms with Crippen LogP contribution in [0.25, 0.3) is 0 Å². The number of nitrogens with one attached hydrogen (secondary N) is 2. The van der Waals surface area contributed by atoms with E-state index in [1.165, 1.54) is 0 Å². The molecule has 2 aromatic carbocycles. The summed E-state index contributed by atoms with van der Waals surface area (Å²) >= 11 is 5.90. The largest absolute Gasteiger partial charge is 0.366 e. The second-order valence-electron chi connectivity index (χ2n) is 6.20. The average molecular weight is 389 g/mol. The highest BCUT2D eigenvalue weighted by Crippen LogP contribution is 2.26. The second kappa shape index (κ2) is 8.39. The number of anilines is 2. The molecule has 0 aliphatic carbocycles. The highest BCUT2D eigenvalue weighted by atomic mass is 35.5. The van der Waals surface area contributed by atoms with E-state index in [4.69, 9.17) is 22.1 Å². The van der Waals surface area contributed by atoms with Gasteiger partial charge in [0.1, 0.15) is 0 Å². The number of hydrogen-bond donors (Lipinski definition) is 3. The van der Waals surface area contributed by atoms with Crippen LogP contribution in [0, 0.1) is 6.92 Å². The molecule has 27 heavy (non-hydrogen) atoms. The first-order valence-electron chi connectivity index (χ1n) is 8.54. The molecule has 1 unspecified atom stereocenters. The fourth-order valence-corrected chi connectivity index (χ4v) is 3.03. The van der Waals surface area contributed by atoms with Crippen molar-refractivity contribution in [2.45, 2.75) is 13.2 Å². The highest BCUT2D eigenvalue weighted by molar-refractivity contribution is 6.30. The summed E-state index contributed by atoms with van der Waals surface area (Å²) in [4.78, 5) is 26.0. The summed E-state index contributed by atoms with van der Waals surface area (Å²) in [5.74, 6) is -0.516. The lowest BCUT2D eigenvalue weighted by Crippen LogP contribution is -2.53. The van der Waals surface area contributed by atoms with Crippen molar-refractivity contribution < 1.29 is 14.3 Å². The minimum Gasteiger partial charge on any atom is -0.366 e. The average Bonchev–Trinajstić information content (AvgIpc) is 2.66. The van der Waals surface area contributed by atoms with Crippen molar-refractivity contribution >= 4 is 34.9 Å². The van der Waals surface area contributed by atoms with E-state index in [0.29, 0.717) is 35.1 Å². The van der Waals surface area contributed by atoms with E-state index in [-0.39, 0.29) is 6.03 Å². The van der Waals surface area contributed by atoms with E-state index < -0.39 is 12.1 Å². The third-order valence-corrected chi connectivity index (χ3v) is 4.50. The molecule has 1 atom stereocenters. The monoisotopic (exact) mass is 388 g/mol. The Morgan fingerprint density at radius 2 is 2.00 bits per heavy atom. The molecule has 1 heterocycles. The predicted molar refractivity (Wildman–Crippen MR) is 105 cm³/mol. The number of urea groups is 1. The van der Waals surface area contributed by atoms with E-state index >= 15 is 0 Å². The number of amides is 3. The molecule has 0 spiro atoms. The standard InChI is InChI=1S/C19H21ClN4O3/c1-12-10-13(18(21)25)2-7-16(12)24(17-11-22-8-9-27-17)19(26)23-15-5-3-14(20)4-6-15/h2-7,10,17,22H,8-9,11H2,1H3,(H2,21,25)(H,23,26). The summed E-state index contributed by atoms with van der Waals surface area (Å²) in [5.41, 5.74) is 7.73. The number of ether oxygens (including phenoxy) is 1. The molecule has 1 aliphatic rings. The van der Waals surface area contributed by atoms with Crippen LogP contribution in [-0.2, 0) is 4.74 Å². The van der Waals surface area contributed by atoms with Crippen LogP contribution in [-0.4, -0.2) is 37.9 Å². The Bertz CT molecular complexity index is 835. The highest BCUT2D eigenvalue weighted by Gasteiger charge is 2.29. The minimum atomic E-state index is -0.516. The van der Waals surface area contributed by atoms with Crippen LogP contribution < -0.4 is 21.3 Å². The fraction of sp³-hybridized carbons (Fsp3) is 0.263. The Hall–Kier alpha value is -2.61. The molecule has 2 aromatic rings. The van der Waals surface area contributed by atoms with Crippen LogP contribution in [0.4, 0.5) is 16.2 Å². The number of carbonyl (C=O) groups excluding carboxylic acids is 2. The number of aryl methyl sites for hydroxylation is 1. The number of rotatable bonds is 4. The Kier molecular flexibility index (Phi) is 5.95. The summed E-state index contributed by atoms with van der Waals surface area (Å²) in [5, 5.41) is 6.67. The summed E-state index contributed by atoms with van der Waals surface area (Å²) in [6.07, 6.45) is -0.482. The van der Waals surface area contributed by atoms with Gasteiger partial charge < -0.3 is 21.1 Å². The first kappa shape index (κ1) is 19.2. The SMILES string of the molecule is Cc1cc(C(N)=O)ccc1N(C(=O)Nc1ccc(Cl)cc1)C1CNCCO1. The van der Waals surface area contributed by atoms with E-state index in [9.17, 15) is 9.59 Å². The van der Waals surface area contributed by atoms with Gasteiger partial charge in [0.15, 0.2) is 6.23 Å². The number of halogens is 1. The first-order chi connectivity index (χ1) is 13.0. The molecular formula is C19H21ClN4O3. The quantitative estimate of drug-likeness (QED) is 0.750. The van der Waals surface area contributed by atoms with Gasteiger partial charge in [-0.25, -0.2) is 4.79 Å². The summed E-state index contributed by atoms with van der Waals surface area (Å²) in [6, 6.07) is 11.5. The van der Waals surface area contributed by atoms with Crippen molar-refractivity contribution in [2.75, 3.05) is 29.9 Å². The lowest BCUT2D eigenvalue weighted by molar-refractivity contribution is 0.0319. The van der Waals surface area contributed by atoms with Gasteiger partial charge in [0, 0.05) is 29.4 Å². The minimum absolute atomic E-state index is 0.346. The van der Waals surface area contributed by atoms with Gasteiger partial charge in [-0.3, -0.25) is 9.69 Å². The van der Waals surface area contributed by atoms with E-state index in [1.807, 2.05) is 6.92 Å². The van der Waals surface area contributed by atoms with E-state index in [0.717, 1.165) is 12.1 Å². The molecule has 142 valence electrons. The van der Waals surface area contributed by atoms with Crippen molar-refractivity contribution in [3.63, 3.8) is 0 Å². The Morgan fingerprint density at radius 1 is 1.26 bits per heavy atom. The maximum absolute atomic E-state index is 13.1. The van der Waals surface area contributed by atoms with Crippen molar-refractivity contribution in [3.8, 4) is 0 Å². The number of morpholine rings is 1. The van der Waals surface area contributed by atoms with Crippen molar-refractivity contribution in [3.05, 3.63) is 58.6 Å². The molecule has 1 aliphatic heterocycles. The molecule has 0 bridgehead atoms. The molecule has 7 nitrogen and oxygen atoms in total. The van der Waals surface area contributed by atoms with Crippen LogP contribution in [0.3, 0.4) is 0 Å². The first-order valence-corrected chi connectivity index (χ1v) is 8.92. The van der Waals surface area contributed by atoms with E-state index in [1.54, 1.807) is 47.4 Å². The van der Waals surface area contributed by atoms with Gasteiger partial charge in [-0.2, -0.15) is 0 Å². The normalized spacial score (nSPS) is 16.6. The van der Waals surface area contributed by atoms with Crippen LogP contribution in [0.2, 0.25) is 5.02 Å². The van der Waals surface area contributed by atoms with Crippen LogP contribution >= 0.6 is 11.6 Å². The predicted octanol–water partition coefficient (Wildman–Crippen LogP) is 2.73. The van der Waals surface area contributed by atoms with Gasteiger partial charge in [0.25, 0.3) is 0 Å². The Labute approximate surface area is 162 Å². The zero-order valence-electron chi connectivity index (χ0n) is 14.9. The van der Waals surface area contributed by atoms with Gasteiger partial charge in [-0.1, -0.05) is 11.6 Å². The Morgan fingerprint density at radius 3 is 2.59 bits per heavy atom. The number of nitrogens with zero attached hydrogens (tertiary/aromatic N) is 1. The van der Waals surface area contributed by atoms with Crippen LogP contribution in [0.1, 0.15) is 15.9 Å². The third kappa shape index (κ3) is 4.57. The van der Waals surface area contributed by atoms with Gasteiger partial charge in [-0.05, 0) is 55.0 Å². The molecule has 0 radical (unpaired) electrons. The van der Waals surface area contributed by atoms with Crippen molar-refractivity contribution in [1.82, 2.24) is 5.32 Å². The topological polar surface area (TPSA) is 96.7 Å². The Balaban J connectivity index is 1.92. The molecule has 0 saturated carbocycles. The number of hydrogen-bond acceptors (Lipinski definition) is 4. The molecule has 3 amide bonds. The number of primary amides is 1. The fourth-order valence-electron chi connectivity index (χ4n) is 2.91.